The van der Waals surface area contributed by atoms with Crippen LogP contribution < -0.4 is 11.1 Å². The molecule has 1 unspecified atom stereocenters. The summed E-state index contributed by atoms with van der Waals surface area (Å²) in [6.07, 6.45) is 0.600. The van der Waals surface area contributed by atoms with Crippen molar-refractivity contribution in [3.63, 3.8) is 0 Å². The van der Waals surface area contributed by atoms with Crippen molar-refractivity contribution in [3.05, 3.63) is 59.7 Å². The van der Waals surface area contributed by atoms with Gasteiger partial charge in [0, 0.05) is 12.6 Å². The molecule has 2 aromatic carbocycles. The molecule has 21 heavy (non-hydrogen) atoms. The van der Waals surface area contributed by atoms with Crippen LogP contribution in [-0.2, 0) is 6.42 Å². The van der Waals surface area contributed by atoms with Crippen molar-refractivity contribution in [3.8, 4) is 11.5 Å². The standard InChI is InChI=1S/C16H18N2O3/c17-10-12(8-11-4-2-1-3-5-11)18-16(21)14-9-13(19)6-7-15(14)20/h1-7,9,12,19-20H,8,10,17H2,(H,18,21). The second-order valence-electron chi connectivity index (χ2n) is 4.80. The van der Waals surface area contributed by atoms with Crippen LogP contribution in [0.1, 0.15) is 15.9 Å². The molecule has 5 nitrogen and oxygen atoms in total. The van der Waals surface area contributed by atoms with Gasteiger partial charge in [-0.15, -0.1) is 0 Å². The average Bonchev–Trinajstić information content (AvgIpc) is 2.50. The molecule has 0 fully saturated rings. The number of nitrogens with one attached hydrogen (secondary N) is 1. The first kappa shape index (κ1) is 14.9. The summed E-state index contributed by atoms with van der Waals surface area (Å²) in [6, 6.07) is 13.3. The molecule has 0 radical (unpaired) electrons. The topological polar surface area (TPSA) is 95.6 Å². The Bertz CT molecular complexity index is 614. The van der Waals surface area contributed by atoms with Gasteiger partial charge in [0.1, 0.15) is 11.5 Å². The SMILES string of the molecule is NCC(Cc1ccccc1)NC(=O)c1cc(O)ccc1O. The zero-order valence-electron chi connectivity index (χ0n) is 11.5. The van der Waals surface area contributed by atoms with E-state index in [9.17, 15) is 15.0 Å². The number of phenols is 2. The summed E-state index contributed by atoms with van der Waals surface area (Å²) < 4.78 is 0. The summed E-state index contributed by atoms with van der Waals surface area (Å²) in [5, 5.41) is 21.8. The molecule has 0 aromatic heterocycles. The minimum absolute atomic E-state index is 0.0292. The molecule has 0 aliphatic heterocycles. The fourth-order valence-electron chi connectivity index (χ4n) is 2.06. The number of amides is 1. The normalized spacial score (nSPS) is 11.9. The van der Waals surface area contributed by atoms with Crippen LogP contribution in [-0.4, -0.2) is 28.7 Å². The van der Waals surface area contributed by atoms with Crippen LogP contribution in [0.3, 0.4) is 0 Å². The van der Waals surface area contributed by atoms with E-state index in [4.69, 9.17) is 5.73 Å². The summed E-state index contributed by atoms with van der Waals surface area (Å²) in [7, 11) is 0. The minimum Gasteiger partial charge on any atom is -0.508 e. The maximum Gasteiger partial charge on any atom is 0.255 e. The van der Waals surface area contributed by atoms with E-state index in [1.54, 1.807) is 0 Å². The van der Waals surface area contributed by atoms with E-state index in [-0.39, 0.29) is 29.6 Å². The lowest BCUT2D eigenvalue weighted by molar-refractivity contribution is 0.0935. The van der Waals surface area contributed by atoms with Gasteiger partial charge in [0.2, 0.25) is 0 Å². The Morgan fingerprint density at radius 1 is 1.14 bits per heavy atom. The third-order valence-electron chi connectivity index (χ3n) is 3.17. The van der Waals surface area contributed by atoms with Crippen molar-refractivity contribution in [2.75, 3.05) is 6.54 Å². The van der Waals surface area contributed by atoms with Gasteiger partial charge in [-0.1, -0.05) is 30.3 Å². The van der Waals surface area contributed by atoms with Crippen LogP contribution in [0.4, 0.5) is 0 Å². The number of hydrogen-bond acceptors (Lipinski definition) is 4. The summed E-state index contributed by atoms with van der Waals surface area (Å²) >= 11 is 0. The summed E-state index contributed by atoms with van der Waals surface area (Å²) in [4.78, 5) is 12.1. The number of hydrogen-bond donors (Lipinski definition) is 4. The molecule has 0 saturated heterocycles. The van der Waals surface area contributed by atoms with Gasteiger partial charge in [-0.3, -0.25) is 4.79 Å². The first-order valence-electron chi connectivity index (χ1n) is 6.67. The molecule has 2 aromatic rings. The highest BCUT2D eigenvalue weighted by atomic mass is 16.3. The quantitative estimate of drug-likeness (QED) is 0.625. The molecule has 2 rings (SSSR count). The van der Waals surface area contributed by atoms with E-state index < -0.39 is 5.91 Å². The molecule has 0 spiro atoms. The van der Waals surface area contributed by atoms with E-state index in [2.05, 4.69) is 5.32 Å². The first-order valence-corrected chi connectivity index (χ1v) is 6.67. The Balaban J connectivity index is 2.07. The Morgan fingerprint density at radius 3 is 2.52 bits per heavy atom. The Morgan fingerprint density at radius 2 is 1.86 bits per heavy atom. The molecule has 0 heterocycles. The summed E-state index contributed by atoms with van der Waals surface area (Å²) in [6.45, 7) is 0.278. The van der Waals surface area contributed by atoms with Crippen LogP contribution in [0.25, 0.3) is 0 Å². The molecule has 1 amide bonds. The van der Waals surface area contributed by atoms with Crippen molar-refractivity contribution in [1.29, 1.82) is 0 Å². The van der Waals surface area contributed by atoms with Crippen molar-refractivity contribution in [2.24, 2.45) is 5.73 Å². The van der Waals surface area contributed by atoms with Crippen LogP contribution in [0, 0.1) is 0 Å². The predicted molar refractivity (Wildman–Crippen MR) is 80.2 cm³/mol. The zero-order chi connectivity index (χ0) is 15.2. The lowest BCUT2D eigenvalue weighted by atomic mass is 10.1. The van der Waals surface area contributed by atoms with Crippen LogP contribution in [0.2, 0.25) is 0 Å². The summed E-state index contributed by atoms with van der Waals surface area (Å²) in [5.41, 5.74) is 6.78. The van der Waals surface area contributed by atoms with Gasteiger partial charge in [-0.05, 0) is 30.2 Å². The fourth-order valence-corrected chi connectivity index (χ4v) is 2.06. The largest absolute Gasteiger partial charge is 0.508 e. The van der Waals surface area contributed by atoms with Gasteiger partial charge in [0.25, 0.3) is 5.91 Å². The molecular weight excluding hydrogens is 268 g/mol. The van der Waals surface area contributed by atoms with Gasteiger partial charge in [-0.2, -0.15) is 0 Å². The lowest BCUT2D eigenvalue weighted by Gasteiger charge is -2.17. The number of nitrogens with two attached hydrogens (primary N) is 1. The van der Waals surface area contributed by atoms with Crippen LogP contribution in [0.15, 0.2) is 48.5 Å². The molecule has 0 aliphatic carbocycles. The molecule has 0 saturated carbocycles. The maximum atomic E-state index is 12.1. The molecule has 5 N–H and O–H groups in total. The van der Waals surface area contributed by atoms with Crippen molar-refractivity contribution < 1.29 is 15.0 Å². The molecule has 110 valence electrons. The number of carbonyl (C=O) groups excluding carboxylic acids is 1. The number of phenolic OH excluding ortho intramolecular Hbond substituents is 2. The van der Waals surface area contributed by atoms with Crippen molar-refractivity contribution in [1.82, 2.24) is 5.32 Å². The molecule has 5 heteroatoms. The number of aromatic hydroxyl groups is 2. The summed E-state index contributed by atoms with van der Waals surface area (Å²) in [5.74, 6) is -0.721. The van der Waals surface area contributed by atoms with Crippen LogP contribution >= 0.6 is 0 Å². The van der Waals surface area contributed by atoms with Crippen molar-refractivity contribution >= 4 is 5.91 Å². The molecule has 1 atom stereocenters. The Kier molecular flexibility index (Phi) is 4.79. The number of benzene rings is 2. The van der Waals surface area contributed by atoms with Gasteiger partial charge >= 0.3 is 0 Å². The first-order chi connectivity index (χ1) is 10.1. The van der Waals surface area contributed by atoms with E-state index in [1.165, 1.54) is 18.2 Å². The van der Waals surface area contributed by atoms with E-state index >= 15 is 0 Å². The predicted octanol–water partition coefficient (Wildman–Crippen LogP) is 1.40. The van der Waals surface area contributed by atoms with Gasteiger partial charge < -0.3 is 21.3 Å². The number of carbonyl (C=O) groups is 1. The lowest BCUT2D eigenvalue weighted by Crippen LogP contribution is -2.41. The van der Waals surface area contributed by atoms with E-state index in [1.807, 2.05) is 30.3 Å². The third-order valence-corrected chi connectivity index (χ3v) is 3.17. The smallest absolute Gasteiger partial charge is 0.255 e. The zero-order valence-corrected chi connectivity index (χ0v) is 11.5. The van der Waals surface area contributed by atoms with Gasteiger partial charge in [0.05, 0.1) is 5.56 Å². The number of rotatable bonds is 5. The second kappa shape index (κ2) is 6.76. The Hall–Kier alpha value is -2.53. The van der Waals surface area contributed by atoms with Crippen molar-refractivity contribution in [2.45, 2.75) is 12.5 Å². The maximum absolute atomic E-state index is 12.1. The van der Waals surface area contributed by atoms with Crippen LogP contribution in [0.5, 0.6) is 11.5 Å². The van der Waals surface area contributed by atoms with E-state index in [0.29, 0.717) is 6.42 Å². The fraction of sp³-hybridized carbons (Fsp3) is 0.188. The highest BCUT2D eigenvalue weighted by Crippen LogP contribution is 2.22. The average molecular weight is 286 g/mol. The van der Waals surface area contributed by atoms with Gasteiger partial charge in [0.15, 0.2) is 0 Å². The van der Waals surface area contributed by atoms with Gasteiger partial charge in [-0.25, -0.2) is 0 Å². The molecule has 0 aliphatic rings. The Labute approximate surface area is 123 Å². The monoisotopic (exact) mass is 286 g/mol. The molecular formula is C16H18N2O3. The third kappa shape index (κ3) is 3.97. The highest BCUT2D eigenvalue weighted by molar-refractivity contribution is 5.97. The minimum atomic E-state index is -0.463. The molecule has 0 bridgehead atoms. The highest BCUT2D eigenvalue weighted by Gasteiger charge is 2.16. The second-order valence-corrected chi connectivity index (χ2v) is 4.80. The van der Waals surface area contributed by atoms with E-state index in [0.717, 1.165) is 5.56 Å².